The molecule has 6 nitrogen and oxygen atoms in total. The van der Waals surface area contributed by atoms with E-state index in [2.05, 4.69) is 66.5 Å². The molecule has 4 N–H and O–H groups in total. The number of hydrogen-bond acceptors (Lipinski definition) is 4. The maximum Gasteiger partial charge on any atom is 0.466 e. The van der Waals surface area contributed by atoms with Crippen molar-refractivity contribution in [3.8, 4) is 0 Å². The standard InChI is InChI=1S/C18H22N2S.H3O4P/c1-14-7-8-17(15(2)13-14)21-18-6-4-3-5-16(18)20-11-9-19-10-12-20;1-5(2,3)4/h3-8,13,19H,9-12H2,1-2H3;(H3,1,2,3,4). The van der Waals surface area contributed by atoms with E-state index >= 15 is 0 Å². The predicted molar refractivity (Wildman–Crippen MR) is 106 cm³/mol. The van der Waals surface area contributed by atoms with Crippen molar-refractivity contribution in [2.45, 2.75) is 23.6 Å². The van der Waals surface area contributed by atoms with E-state index in [9.17, 15) is 0 Å². The first-order valence-electron chi connectivity index (χ1n) is 8.32. The fourth-order valence-corrected chi connectivity index (χ4v) is 3.78. The Balaban J connectivity index is 0.000000431. The molecule has 2 aromatic rings. The van der Waals surface area contributed by atoms with Gasteiger partial charge in [0.25, 0.3) is 0 Å². The van der Waals surface area contributed by atoms with Crippen LogP contribution in [0.4, 0.5) is 5.69 Å². The maximum absolute atomic E-state index is 8.88. The van der Waals surface area contributed by atoms with E-state index in [1.807, 2.05) is 11.8 Å². The number of nitrogens with zero attached hydrogens (tertiary/aromatic N) is 1. The van der Waals surface area contributed by atoms with Crippen LogP contribution < -0.4 is 10.2 Å². The van der Waals surface area contributed by atoms with Crippen molar-refractivity contribution in [1.29, 1.82) is 0 Å². The number of nitrogens with one attached hydrogen (secondary N) is 1. The summed E-state index contributed by atoms with van der Waals surface area (Å²) in [7, 11) is -4.64. The Labute approximate surface area is 158 Å². The second-order valence-electron chi connectivity index (χ2n) is 6.09. The summed E-state index contributed by atoms with van der Waals surface area (Å²) in [5.41, 5.74) is 4.05. The second kappa shape index (κ2) is 9.55. The fraction of sp³-hybridized carbons (Fsp3) is 0.333. The van der Waals surface area contributed by atoms with E-state index in [0.717, 1.165) is 26.2 Å². The Kier molecular flexibility index (Phi) is 7.70. The highest BCUT2D eigenvalue weighted by Gasteiger charge is 2.14. The van der Waals surface area contributed by atoms with Crippen LogP contribution in [0, 0.1) is 13.8 Å². The van der Waals surface area contributed by atoms with Gasteiger partial charge in [-0.2, -0.15) is 0 Å². The molecular formula is C18H25N2O4PS. The molecule has 0 bridgehead atoms. The van der Waals surface area contributed by atoms with Gasteiger partial charge in [-0.3, -0.25) is 0 Å². The molecule has 142 valence electrons. The van der Waals surface area contributed by atoms with Gasteiger partial charge in [0, 0.05) is 36.0 Å². The predicted octanol–water partition coefficient (Wildman–Crippen LogP) is 2.94. The molecule has 8 heteroatoms. The van der Waals surface area contributed by atoms with Crippen LogP contribution in [-0.4, -0.2) is 40.9 Å². The Morgan fingerprint density at radius 2 is 1.62 bits per heavy atom. The van der Waals surface area contributed by atoms with Gasteiger partial charge < -0.3 is 24.9 Å². The molecule has 1 saturated heterocycles. The zero-order valence-corrected chi connectivity index (χ0v) is 16.6. The van der Waals surface area contributed by atoms with Crippen LogP contribution in [-0.2, 0) is 4.57 Å². The summed E-state index contributed by atoms with van der Waals surface area (Å²) < 4.78 is 8.88. The Morgan fingerprint density at radius 1 is 1.00 bits per heavy atom. The zero-order valence-electron chi connectivity index (χ0n) is 14.9. The van der Waals surface area contributed by atoms with Crippen LogP contribution in [0.1, 0.15) is 11.1 Å². The minimum atomic E-state index is -4.64. The van der Waals surface area contributed by atoms with Crippen LogP contribution in [0.2, 0.25) is 0 Å². The van der Waals surface area contributed by atoms with Crippen molar-refractivity contribution in [3.63, 3.8) is 0 Å². The third-order valence-electron chi connectivity index (χ3n) is 3.87. The number of hydrogen-bond donors (Lipinski definition) is 4. The summed E-state index contributed by atoms with van der Waals surface area (Å²) in [6, 6.07) is 15.5. The molecule has 0 saturated carbocycles. The summed E-state index contributed by atoms with van der Waals surface area (Å²) in [5.74, 6) is 0. The number of aryl methyl sites for hydroxylation is 2. The number of piperazine rings is 1. The molecule has 3 rings (SSSR count). The smallest absolute Gasteiger partial charge is 0.368 e. The molecule has 0 radical (unpaired) electrons. The van der Waals surface area contributed by atoms with Crippen LogP contribution in [0.15, 0.2) is 52.3 Å². The van der Waals surface area contributed by atoms with Gasteiger partial charge in [0.05, 0.1) is 5.69 Å². The van der Waals surface area contributed by atoms with E-state index in [1.54, 1.807) is 0 Å². The van der Waals surface area contributed by atoms with E-state index in [4.69, 9.17) is 19.2 Å². The zero-order chi connectivity index (χ0) is 19.2. The van der Waals surface area contributed by atoms with Crippen LogP contribution in [0.5, 0.6) is 0 Å². The highest BCUT2D eigenvalue weighted by Crippen LogP contribution is 2.37. The first-order valence-corrected chi connectivity index (χ1v) is 10.7. The molecule has 2 aromatic carbocycles. The number of anilines is 1. The molecule has 1 fully saturated rings. The molecular weight excluding hydrogens is 371 g/mol. The molecule has 0 spiro atoms. The lowest BCUT2D eigenvalue weighted by Crippen LogP contribution is -2.43. The third kappa shape index (κ3) is 7.11. The van der Waals surface area contributed by atoms with Crippen molar-refractivity contribution in [1.82, 2.24) is 5.32 Å². The normalized spacial score (nSPS) is 14.6. The molecule has 1 aliphatic rings. The lowest BCUT2D eigenvalue weighted by atomic mass is 10.2. The van der Waals surface area contributed by atoms with E-state index in [1.165, 1.54) is 26.6 Å². The molecule has 26 heavy (non-hydrogen) atoms. The van der Waals surface area contributed by atoms with Gasteiger partial charge in [0.2, 0.25) is 0 Å². The molecule has 0 aliphatic carbocycles. The Morgan fingerprint density at radius 3 is 2.23 bits per heavy atom. The number of benzene rings is 2. The van der Waals surface area contributed by atoms with Crippen molar-refractivity contribution in [2.24, 2.45) is 0 Å². The lowest BCUT2D eigenvalue weighted by Gasteiger charge is -2.31. The summed E-state index contributed by atoms with van der Waals surface area (Å²) in [6.45, 7) is 8.67. The van der Waals surface area contributed by atoms with Gasteiger partial charge in [-0.15, -0.1) is 0 Å². The fourth-order valence-electron chi connectivity index (χ4n) is 2.74. The topological polar surface area (TPSA) is 93.0 Å². The van der Waals surface area contributed by atoms with E-state index < -0.39 is 7.82 Å². The largest absolute Gasteiger partial charge is 0.466 e. The van der Waals surface area contributed by atoms with Gasteiger partial charge in [0.15, 0.2) is 0 Å². The van der Waals surface area contributed by atoms with E-state index in [0.29, 0.717) is 0 Å². The van der Waals surface area contributed by atoms with Gasteiger partial charge in [0.1, 0.15) is 0 Å². The maximum atomic E-state index is 8.88. The first-order chi connectivity index (χ1) is 12.2. The first kappa shape index (κ1) is 21.0. The van der Waals surface area contributed by atoms with E-state index in [-0.39, 0.29) is 0 Å². The highest BCUT2D eigenvalue weighted by atomic mass is 32.2. The summed E-state index contributed by atoms with van der Waals surface area (Å²) in [4.78, 5) is 26.8. The molecule has 1 heterocycles. The number of para-hydroxylation sites is 1. The molecule has 0 amide bonds. The van der Waals surface area contributed by atoms with Crippen molar-refractivity contribution in [3.05, 3.63) is 53.6 Å². The number of rotatable bonds is 3. The minimum Gasteiger partial charge on any atom is -0.368 e. The average molecular weight is 396 g/mol. The van der Waals surface area contributed by atoms with Crippen LogP contribution >= 0.6 is 19.6 Å². The molecule has 1 aliphatic heterocycles. The monoisotopic (exact) mass is 396 g/mol. The lowest BCUT2D eigenvalue weighted by molar-refractivity contribution is 0.275. The van der Waals surface area contributed by atoms with Gasteiger partial charge in [-0.25, -0.2) is 4.57 Å². The van der Waals surface area contributed by atoms with Crippen molar-refractivity contribution < 1.29 is 19.2 Å². The van der Waals surface area contributed by atoms with Crippen LogP contribution in [0.25, 0.3) is 0 Å². The number of phosphoric acid groups is 1. The van der Waals surface area contributed by atoms with Gasteiger partial charge in [-0.1, -0.05) is 41.6 Å². The third-order valence-corrected chi connectivity index (χ3v) is 5.12. The highest BCUT2D eigenvalue weighted by molar-refractivity contribution is 7.99. The summed E-state index contributed by atoms with van der Waals surface area (Å²) in [5, 5.41) is 3.42. The van der Waals surface area contributed by atoms with Crippen LogP contribution in [0.3, 0.4) is 0 Å². The van der Waals surface area contributed by atoms with Gasteiger partial charge >= 0.3 is 7.82 Å². The van der Waals surface area contributed by atoms with Gasteiger partial charge in [-0.05, 0) is 37.6 Å². The molecule has 0 unspecified atom stereocenters. The summed E-state index contributed by atoms with van der Waals surface area (Å²) in [6.07, 6.45) is 0. The van der Waals surface area contributed by atoms with Crippen molar-refractivity contribution >= 4 is 25.3 Å². The average Bonchev–Trinajstić information content (AvgIpc) is 2.57. The Bertz CT molecular complexity index is 767. The molecule has 0 aromatic heterocycles. The molecule has 0 atom stereocenters. The summed E-state index contributed by atoms with van der Waals surface area (Å²) >= 11 is 1.88. The van der Waals surface area contributed by atoms with Crippen molar-refractivity contribution in [2.75, 3.05) is 31.1 Å². The quantitative estimate of drug-likeness (QED) is 0.593. The second-order valence-corrected chi connectivity index (χ2v) is 8.20. The Hall–Kier alpha value is -1.34. The minimum absolute atomic E-state index is 1.07. The SMILES string of the molecule is Cc1ccc(Sc2ccccc2N2CCNCC2)c(C)c1.O=P(O)(O)O.